The first-order chi connectivity index (χ1) is 30.1. The number of allylic oxidation sites excluding steroid dienone is 1. The van der Waals surface area contributed by atoms with Crippen LogP contribution in [0.4, 0.5) is 0 Å². The summed E-state index contributed by atoms with van der Waals surface area (Å²) in [5.74, 6) is 3.36. The van der Waals surface area contributed by atoms with Crippen LogP contribution in [0.3, 0.4) is 0 Å². The van der Waals surface area contributed by atoms with Crippen LogP contribution in [0.25, 0.3) is 4.85 Å². The van der Waals surface area contributed by atoms with Crippen molar-refractivity contribution in [2.24, 2.45) is 53.3 Å². The van der Waals surface area contributed by atoms with Crippen LogP contribution in [0.1, 0.15) is 156 Å². The molecule has 1 aromatic rings. The molecule has 0 aromatic heterocycles. The number of thioether (sulfide) groups is 2. The number of unbranched alkanes of at least 4 members (excludes halogenated alkanes) is 2. The van der Waals surface area contributed by atoms with E-state index in [0.29, 0.717) is 56.5 Å². The number of benzene rings is 1. The molecule has 12 heteroatoms. The van der Waals surface area contributed by atoms with Gasteiger partial charge in [-0.2, -0.15) is 0 Å². The number of ketones is 1. The molecule has 0 spiro atoms. The molecule has 10 nitrogen and oxygen atoms in total. The molecular formula is C50H68N2O8S2. The van der Waals surface area contributed by atoms with Crippen LogP contribution in [-0.4, -0.2) is 43.5 Å². The Morgan fingerprint density at radius 1 is 0.710 bits per heavy atom. The van der Waals surface area contributed by atoms with Gasteiger partial charge in [-0.15, -0.1) is 0 Å². The standard InChI is InChI=1S/C50H68N2O8S2/c1-5-32(3)47(54)58-29-9-7-8-28-57-31-42(53)38-20-14-35(15-21-38)37-18-24-40(25-19-37)49(56)60-44-27-26-43(45-46(44)62-50(61-45)41(30-51)52-4)59-48(55)39-22-16-36(17-23-39)34-12-10-33(6-2)11-13-34/h26-27,32-40H,5-25,28-29,31H2,1-3H3/b50-41-. The number of Topliss-reactive ketones (excluding diaryl/α,β-unsaturated/α-hetero) is 1. The van der Waals surface area contributed by atoms with Gasteiger partial charge in [0.15, 0.2) is 5.78 Å². The number of rotatable bonds is 18. The summed E-state index contributed by atoms with van der Waals surface area (Å²) in [4.78, 5) is 56.6. The van der Waals surface area contributed by atoms with Crippen LogP contribution in [0.2, 0.25) is 0 Å². The van der Waals surface area contributed by atoms with E-state index in [4.69, 9.17) is 25.5 Å². The quantitative estimate of drug-likeness (QED) is 0.0458. The van der Waals surface area contributed by atoms with Gasteiger partial charge in [-0.1, -0.05) is 63.6 Å². The van der Waals surface area contributed by atoms with Gasteiger partial charge in [-0.05, 0) is 157 Å². The molecule has 1 aromatic carbocycles. The molecule has 1 unspecified atom stereocenters. The molecule has 1 atom stereocenters. The van der Waals surface area contributed by atoms with E-state index in [1.807, 2.05) is 19.9 Å². The van der Waals surface area contributed by atoms with Crippen LogP contribution >= 0.6 is 23.5 Å². The number of esters is 3. The Morgan fingerprint density at radius 3 is 1.63 bits per heavy atom. The first-order valence-electron chi connectivity index (χ1n) is 23.9. The Hall–Kier alpha value is -3.32. The van der Waals surface area contributed by atoms with Gasteiger partial charge in [0.1, 0.15) is 18.1 Å². The maximum absolute atomic E-state index is 13.7. The molecular weight excluding hydrogens is 821 g/mol. The SMILES string of the molecule is [C-]#[N+]/C(C#N)=C1/Sc2c(OC(=O)C3CCC(C4CCC(CC)CC4)CC3)ccc(OC(=O)C3CCC(C4CCC(C(=O)COCCCCCOC(=O)C(C)CC)CC4)CC3)c2S1. The largest absolute Gasteiger partial charge is 0.465 e. The van der Waals surface area contributed by atoms with Crippen molar-refractivity contribution in [2.45, 2.75) is 165 Å². The first-order valence-corrected chi connectivity index (χ1v) is 25.5. The number of hydrogen-bond donors (Lipinski definition) is 0. The van der Waals surface area contributed by atoms with E-state index in [1.54, 1.807) is 12.1 Å². The summed E-state index contributed by atoms with van der Waals surface area (Å²) in [6, 6.07) is 5.37. The zero-order valence-electron chi connectivity index (χ0n) is 37.3. The lowest BCUT2D eigenvalue weighted by atomic mass is 9.68. The minimum atomic E-state index is -0.275. The number of nitrogens with zero attached hydrogens (tertiary/aromatic N) is 2. The smallest absolute Gasteiger partial charge is 0.314 e. The molecule has 1 heterocycles. The van der Waals surface area contributed by atoms with Gasteiger partial charge in [0.05, 0.1) is 51.0 Å². The van der Waals surface area contributed by atoms with Crippen LogP contribution in [0.5, 0.6) is 11.5 Å². The predicted molar refractivity (Wildman–Crippen MR) is 241 cm³/mol. The Labute approximate surface area is 378 Å². The molecule has 0 radical (unpaired) electrons. The minimum absolute atomic E-state index is 0.0385. The second-order valence-electron chi connectivity index (χ2n) is 18.7. The second kappa shape index (κ2) is 24.1. The van der Waals surface area contributed by atoms with Gasteiger partial charge in [0.25, 0.3) is 5.70 Å². The van der Waals surface area contributed by atoms with Crippen molar-refractivity contribution in [3.05, 3.63) is 33.5 Å². The summed E-state index contributed by atoms with van der Waals surface area (Å²) in [6.07, 6.45) is 20.9. The summed E-state index contributed by atoms with van der Waals surface area (Å²) in [5.41, 5.74) is -0.0385. The lowest BCUT2D eigenvalue weighted by Gasteiger charge is -2.37. The molecule has 5 aliphatic rings. The highest BCUT2D eigenvalue weighted by molar-refractivity contribution is 8.24. The number of hydrogen-bond acceptors (Lipinski definition) is 11. The van der Waals surface area contributed by atoms with E-state index >= 15 is 0 Å². The predicted octanol–water partition coefficient (Wildman–Crippen LogP) is 12.3. The normalized spacial score (nSPS) is 28.7. The Morgan fingerprint density at radius 2 is 1.18 bits per heavy atom. The molecule has 0 N–H and O–H groups in total. The number of carbonyl (C=O) groups excluding carboxylic acids is 4. The van der Waals surface area contributed by atoms with Gasteiger partial charge in [-0.25, -0.2) is 10.1 Å². The first kappa shape index (κ1) is 48.1. The summed E-state index contributed by atoms with van der Waals surface area (Å²) in [6.45, 7) is 14.8. The van der Waals surface area contributed by atoms with Crippen LogP contribution in [0, 0.1) is 71.2 Å². The summed E-state index contributed by atoms with van der Waals surface area (Å²) in [7, 11) is 0. The third-order valence-corrected chi connectivity index (χ3v) is 17.5. The van der Waals surface area contributed by atoms with E-state index < -0.39 is 0 Å². The van der Waals surface area contributed by atoms with Crippen LogP contribution < -0.4 is 9.47 Å². The zero-order chi connectivity index (χ0) is 44.0. The molecule has 1 aliphatic heterocycles. The van der Waals surface area contributed by atoms with Crippen molar-refractivity contribution in [3.8, 4) is 17.6 Å². The van der Waals surface area contributed by atoms with Gasteiger partial charge < -0.3 is 18.9 Å². The van der Waals surface area contributed by atoms with Crippen molar-refractivity contribution >= 4 is 47.2 Å². The molecule has 6 rings (SSSR count). The van der Waals surface area contributed by atoms with E-state index in [-0.39, 0.29) is 59.7 Å². The molecule has 62 heavy (non-hydrogen) atoms. The lowest BCUT2D eigenvalue weighted by molar-refractivity contribution is -0.148. The molecule has 0 saturated heterocycles. The van der Waals surface area contributed by atoms with Crippen molar-refractivity contribution in [3.63, 3.8) is 0 Å². The minimum Gasteiger partial charge on any atom is -0.465 e. The van der Waals surface area contributed by atoms with Crippen molar-refractivity contribution < 1.29 is 38.1 Å². The lowest BCUT2D eigenvalue weighted by Crippen LogP contribution is -2.32. The third-order valence-electron chi connectivity index (χ3n) is 14.9. The molecule has 338 valence electrons. The molecule has 4 aliphatic carbocycles. The van der Waals surface area contributed by atoms with Crippen molar-refractivity contribution in [2.75, 3.05) is 19.8 Å². The number of carbonyl (C=O) groups is 4. The summed E-state index contributed by atoms with van der Waals surface area (Å²) >= 11 is 2.46. The average Bonchev–Trinajstić information content (AvgIpc) is 3.77. The summed E-state index contributed by atoms with van der Waals surface area (Å²) in [5, 5.41) is 9.67. The number of nitriles is 1. The zero-order valence-corrected chi connectivity index (χ0v) is 38.9. The molecule has 0 amide bonds. The molecule has 0 bridgehead atoms. The monoisotopic (exact) mass is 888 g/mol. The van der Waals surface area contributed by atoms with Crippen LogP contribution in [-0.2, 0) is 28.7 Å². The van der Waals surface area contributed by atoms with Gasteiger partial charge >= 0.3 is 17.9 Å². The molecule has 4 fully saturated rings. The van der Waals surface area contributed by atoms with E-state index in [1.165, 1.54) is 55.6 Å². The fourth-order valence-corrected chi connectivity index (χ4v) is 13.0. The fraction of sp³-hybridized carbons (Fsp3) is 0.720. The number of fused-ring (bicyclic) bond motifs is 1. The van der Waals surface area contributed by atoms with Crippen molar-refractivity contribution in [1.82, 2.24) is 0 Å². The Kier molecular flexibility index (Phi) is 18.7. The third kappa shape index (κ3) is 12.9. The number of ether oxygens (including phenoxy) is 4. The summed E-state index contributed by atoms with van der Waals surface area (Å²) < 4.78 is 23.7. The highest BCUT2D eigenvalue weighted by Gasteiger charge is 2.38. The highest BCUT2D eigenvalue weighted by atomic mass is 32.2. The highest BCUT2D eigenvalue weighted by Crippen LogP contribution is 2.59. The fourth-order valence-electron chi connectivity index (χ4n) is 10.6. The molecule has 4 saturated carbocycles. The maximum atomic E-state index is 13.7. The van der Waals surface area contributed by atoms with E-state index in [0.717, 1.165) is 115 Å². The maximum Gasteiger partial charge on any atom is 0.314 e. The van der Waals surface area contributed by atoms with Crippen molar-refractivity contribution in [1.29, 1.82) is 5.26 Å². The topological polar surface area (TPSA) is 133 Å². The van der Waals surface area contributed by atoms with Crippen LogP contribution in [0.15, 0.2) is 31.9 Å². The van der Waals surface area contributed by atoms with E-state index in [2.05, 4.69) is 11.8 Å². The Bertz CT molecular complexity index is 1800. The second-order valence-corrected chi connectivity index (χ2v) is 21.0. The van der Waals surface area contributed by atoms with Gasteiger partial charge in [-0.3, -0.25) is 19.2 Å². The van der Waals surface area contributed by atoms with Gasteiger partial charge in [0.2, 0.25) is 0 Å². The Balaban J connectivity index is 0.931. The van der Waals surface area contributed by atoms with E-state index in [9.17, 15) is 24.4 Å². The van der Waals surface area contributed by atoms with Gasteiger partial charge in [0, 0.05) is 12.5 Å². The average molecular weight is 889 g/mol.